The SMILES string of the molecule is COc1cc(C=CC(=O)CC(=O)CCCCCCC2CCNCC2)c(CC2=CNC(N)C(Cc3cc(C)cc(C)c3)=C2)cc1O. The summed E-state index contributed by atoms with van der Waals surface area (Å²) in [5, 5.41) is 17.2. The maximum absolute atomic E-state index is 12.7. The highest BCUT2D eigenvalue weighted by molar-refractivity contribution is 6.06. The number of aromatic hydroxyl groups is 1. The highest BCUT2D eigenvalue weighted by Gasteiger charge is 2.17. The van der Waals surface area contributed by atoms with Gasteiger partial charge >= 0.3 is 0 Å². The van der Waals surface area contributed by atoms with Crippen LogP contribution in [0.15, 0.2) is 59.8 Å². The Hall–Kier alpha value is -3.68. The quantitative estimate of drug-likeness (QED) is 0.0987. The molecule has 2 aliphatic heterocycles. The fourth-order valence-electron chi connectivity index (χ4n) is 6.47. The van der Waals surface area contributed by atoms with Crippen LogP contribution in [-0.4, -0.2) is 43.0 Å². The molecule has 0 saturated carbocycles. The van der Waals surface area contributed by atoms with E-state index in [1.54, 1.807) is 18.2 Å². The molecule has 242 valence electrons. The third-order valence-corrected chi connectivity index (χ3v) is 8.84. The highest BCUT2D eigenvalue weighted by Crippen LogP contribution is 2.32. The fraction of sp³-hybridized carbons (Fsp3) is 0.474. The molecular weight excluding hydrogens is 562 g/mol. The summed E-state index contributed by atoms with van der Waals surface area (Å²) < 4.78 is 5.34. The molecule has 2 aromatic rings. The Morgan fingerprint density at radius 2 is 1.73 bits per heavy atom. The first-order valence-electron chi connectivity index (χ1n) is 16.5. The number of Topliss-reactive ketones (excluding diaryl/α,β-unsaturated/α-hetero) is 1. The molecule has 1 saturated heterocycles. The van der Waals surface area contributed by atoms with Crippen LogP contribution < -0.4 is 21.1 Å². The third kappa shape index (κ3) is 11.0. The van der Waals surface area contributed by atoms with Crippen LogP contribution in [0.3, 0.4) is 0 Å². The van der Waals surface area contributed by atoms with Crippen LogP contribution in [0.25, 0.3) is 6.08 Å². The van der Waals surface area contributed by atoms with Crippen LogP contribution >= 0.6 is 0 Å². The molecule has 1 atom stereocenters. The first kappa shape index (κ1) is 34.2. The van der Waals surface area contributed by atoms with Crippen LogP contribution in [0, 0.1) is 19.8 Å². The molecular formula is C38H51N3O4. The molecule has 0 aromatic heterocycles. The van der Waals surface area contributed by atoms with E-state index < -0.39 is 0 Å². The summed E-state index contributed by atoms with van der Waals surface area (Å²) in [6.45, 7) is 6.47. The Kier molecular flexibility index (Phi) is 13.0. The summed E-state index contributed by atoms with van der Waals surface area (Å²) in [5.41, 5.74) is 13.7. The number of carbonyl (C=O) groups is 2. The molecule has 2 heterocycles. The number of nitrogens with one attached hydrogen (secondary N) is 2. The zero-order valence-corrected chi connectivity index (χ0v) is 27.3. The second-order valence-corrected chi connectivity index (χ2v) is 12.8. The molecule has 5 N–H and O–H groups in total. The molecule has 0 amide bonds. The number of hydrogen-bond donors (Lipinski definition) is 4. The molecule has 4 rings (SSSR count). The fourth-order valence-corrected chi connectivity index (χ4v) is 6.47. The van der Waals surface area contributed by atoms with Gasteiger partial charge in [-0.3, -0.25) is 9.59 Å². The van der Waals surface area contributed by atoms with E-state index in [2.05, 4.69) is 48.8 Å². The minimum Gasteiger partial charge on any atom is -0.504 e. The number of methoxy groups -OCH3 is 1. The minimum atomic E-state index is -0.285. The molecule has 1 unspecified atom stereocenters. The third-order valence-electron chi connectivity index (χ3n) is 8.84. The van der Waals surface area contributed by atoms with Crippen molar-refractivity contribution in [1.82, 2.24) is 10.6 Å². The van der Waals surface area contributed by atoms with Gasteiger partial charge in [0.2, 0.25) is 0 Å². The van der Waals surface area contributed by atoms with Crippen LogP contribution in [0.4, 0.5) is 0 Å². The Morgan fingerprint density at radius 3 is 2.47 bits per heavy atom. The second kappa shape index (κ2) is 17.1. The standard InChI is InChI=1S/C38H51N3O4/c1-26-16-27(2)18-29(17-26)19-33-21-30(25-41-38(33)39)20-32-22-36(44)37(45-3)23-31(32)10-11-35(43)24-34(42)9-7-5-4-6-8-28-12-14-40-15-13-28/h10-11,16-18,21-23,25,28,38,40-41,44H,4-9,12-15,19-20,24,39H2,1-3H3. The molecule has 0 spiro atoms. The van der Waals surface area contributed by atoms with E-state index in [0.717, 1.165) is 67.0 Å². The summed E-state index contributed by atoms with van der Waals surface area (Å²) in [6.07, 6.45) is 16.6. The molecule has 2 aromatic carbocycles. The highest BCUT2D eigenvalue weighted by atomic mass is 16.5. The van der Waals surface area contributed by atoms with E-state index >= 15 is 0 Å². The summed E-state index contributed by atoms with van der Waals surface area (Å²) in [7, 11) is 1.50. The number of unbranched alkanes of at least 4 members (excludes halogenated alkanes) is 3. The van der Waals surface area contributed by atoms with Gasteiger partial charge in [0.15, 0.2) is 17.3 Å². The van der Waals surface area contributed by atoms with Crippen molar-refractivity contribution < 1.29 is 19.4 Å². The average molecular weight is 614 g/mol. The first-order valence-corrected chi connectivity index (χ1v) is 16.5. The zero-order chi connectivity index (χ0) is 32.2. The van der Waals surface area contributed by atoms with Gasteiger partial charge in [0.05, 0.1) is 19.7 Å². The number of hydrogen-bond acceptors (Lipinski definition) is 7. The van der Waals surface area contributed by atoms with Crippen molar-refractivity contribution >= 4 is 17.6 Å². The summed E-state index contributed by atoms with van der Waals surface area (Å²) in [6, 6.07) is 9.92. The number of rotatable bonds is 16. The van der Waals surface area contributed by atoms with Gasteiger partial charge in [0, 0.05) is 12.6 Å². The number of dihydropyridines is 1. The normalized spacial score (nSPS) is 17.1. The lowest BCUT2D eigenvalue weighted by atomic mass is 9.92. The van der Waals surface area contributed by atoms with Gasteiger partial charge in [0.1, 0.15) is 5.78 Å². The van der Waals surface area contributed by atoms with Crippen molar-refractivity contribution in [3.63, 3.8) is 0 Å². The maximum Gasteiger partial charge on any atom is 0.163 e. The lowest BCUT2D eigenvalue weighted by molar-refractivity contribution is -0.124. The van der Waals surface area contributed by atoms with Crippen molar-refractivity contribution in [2.75, 3.05) is 20.2 Å². The Morgan fingerprint density at radius 1 is 1.00 bits per heavy atom. The number of nitrogens with two attached hydrogens (primary N) is 1. The number of allylic oxidation sites excluding steroid dienone is 3. The van der Waals surface area contributed by atoms with E-state index in [9.17, 15) is 14.7 Å². The average Bonchev–Trinajstić information content (AvgIpc) is 3.00. The number of phenols is 1. The van der Waals surface area contributed by atoms with Crippen molar-refractivity contribution in [3.05, 3.63) is 87.6 Å². The van der Waals surface area contributed by atoms with Gasteiger partial charge in [-0.15, -0.1) is 0 Å². The van der Waals surface area contributed by atoms with Crippen molar-refractivity contribution in [2.24, 2.45) is 11.7 Å². The second-order valence-electron chi connectivity index (χ2n) is 12.8. The molecule has 1 fully saturated rings. The van der Waals surface area contributed by atoms with E-state index in [1.807, 2.05) is 6.20 Å². The van der Waals surface area contributed by atoms with Crippen molar-refractivity contribution in [1.29, 1.82) is 0 Å². The predicted molar refractivity (Wildman–Crippen MR) is 182 cm³/mol. The van der Waals surface area contributed by atoms with E-state index in [1.165, 1.54) is 55.6 Å². The summed E-state index contributed by atoms with van der Waals surface area (Å²) in [5.74, 6) is 0.975. The van der Waals surface area contributed by atoms with Crippen LogP contribution in [-0.2, 0) is 22.4 Å². The van der Waals surface area contributed by atoms with Gasteiger partial charge in [-0.1, -0.05) is 67.2 Å². The number of carbonyl (C=O) groups excluding carboxylic acids is 2. The molecule has 45 heavy (non-hydrogen) atoms. The van der Waals surface area contributed by atoms with Gasteiger partial charge in [-0.25, -0.2) is 0 Å². The topological polar surface area (TPSA) is 114 Å². The zero-order valence-electron chi connectivity index (χ0n) is 27.3. The number of benzene rings is 2. The molecule has 2 aliphatic rings. The van der Waals surface area contributed by atoms with Crippen LogP contribution in [0.1, 0.15) is 85.6 Å². The largest absolute Gasteiger partial charge is 0.504 e. The molecule has 7 nitrogen and oxygen atoms in total. The molecule has 0 aliphatic carbocycles. The number of piperidine rings is 1. The number of phenolic OH excluding ortho intramolecular Hbond substituents is 1. The van der Waals surface area contributed by atoms with Crippen LogP contribution in [0.5, 0.6) is 11.5 Å². The van der Waals surface area contributed by atoms with Gasteiger partial charge in [0.25, 0.3) is 0 Å². The van der Waals surface area contributed by atoms with Crippen molar-refractivity contribution in [3.8, 4) is 11.5 Å². The van der Waals surface area contributed by atoms with Gasteiger partial charge in [-0.05, 0) is 111 Å². The first-order chi connectivity index (χ1) is 21.7. The number of aryl methyl sites for hydroxylation is 2. The minimum absolute atomic E-state index is 0.0113. The maximum atomic E-state index is 12.7. The Labute approximate surface area is 269 Å². The van der Waals surface area contributed by atoms with Gasteiger partial charge in [-0.2, -0.15) is 0 Å². The molecule has 7 heteroatoms. The molecule has 0 bridgehead atoms. The Bertz CT molecular complexity index is 1400. The predicted octanol–water partition coefficient (Wildman–Crippen LogP) is 6.38. The molecule has 0 radical (unpaired) electrons. The summed E-state index contributed by atoms with van der Waals surface area (Å²) >= 11 is 0. The van der Waals surface area contributed by atoms with E-state index in [4.69, 9.17) is 10.5 Å². The van der Waals surface area contributed by atoms with Crippen molar-refractivity contribution in [2.45, 2.75) is 90.6 Å². The lowest BCUT2D eigenvalue weighted by Crippen LogP contribution is -2.38. The van der Waals surface area contributed by atoms with Crippen LogP contribution in [0.2, 0.25) is 0 Å². The lowest BCUT2D eigenvalue weighted by Gasteiger charge is -2.23. The Balaban J connectivity index is 1.33. The monoisotopic (exact) mass is 613 g/mol. The van der Waals surface area contributed by atoms with Gasteiger partial charge < -0.3 is 26.2 Å². The number of ether oxygens (including phenoxy) is 1. The summed E-state index contributed by atoms with van der Waals surface area (Å²) in [4.78, 5) is 25.2. The van der Waals surface area contributed by atoms with E-state index in [0.29, 0.717) is 18.6 Å². The smallest absolute Gasteiger partial charge is 0.163 e. The number of ketones is 2. The van der Waals surface area contributed by atoms with E-state index in [-0.39, 0.29) is 29.9 Å².